The van der Waals surface area contributed by atoms with Crippen molar-refractivity contribution < 1.29 is 34.7 Å². The first-order chi connectivity index (χ1) is 22.9. The monoisotopic (exact) mass is 689 g/mol. The van der Waals surface area contributed by atoms with Gasteiger partial charge in [-0.25, -0.2) is 9.59 Å². The lowest BCUT2D eigenvalue weighted by Gasteiger charge is -2.60. The van der Waals surface area contributed by atoms with Crippen molar-refractivity contribution in [1.29, 1.82) is 0 Å². The van der Waals surface area contributed by atoms with Gasteiger partial charge in [-0.05, 0) is 136 Å². The van der Waals surface area contributed by atoms with Gasteiger partial charge in [-0.2, -0.15) is 0 Å². The topological polar surface area (TPSA) is 86.8 Å². The van der Waals surface area contributed by atoms with E-state index in [1.807, 2.05) is 20.8 Å². The third-order valence-corrected chi connectivity index (χ3v) is 15.2. The van der Waals surface area contributed by atoms with Gasteiger partial charge in [0.05, 0.1) is 31.5 Å². The third-order valence-electron chi connectivity index (χ3n) is 15.2. The normalized spacial score (nSPS) is 44.4. The molecule has 5 saturated carbocycles. The number of carbonyl (C=O) groups is 2. The van der Waals surface area contributed by atoms with Gasteiger partial charge < -0.3 is 33.5 Å². The Morgan fingerprint density at radius 3 is 2.37 bits per heavy atom. The standard InChI is InChI=1S/C40H66N2O7.H2/c1-24(2)33(48-34(43)41(9)10)28-13-11-26-29(46-28)21-27-25-12-14-30-37(6,7)31(15-16-40(30)23-39(25,40)18-17-38(26,27)8)47-32-22-42(19-20-45-32)35(44)49-36(3,4)5;/h24-33H,11-23H2,1-10H3;1H/t25?,26?,27?,28?,29?,30?,31-,32?,33+,38+,39-,40+;/m0./s1. The minimum absolute atomic E-state index is 0. The molecule has 12 atom stereocenters. The van der Waals surface area contributed by atoms with Gasteiger partial charge in [-0.1, -0.05) is 34.6 Å². The molecule has 2 saturated heterocycles. The number of fused-ring (bicyclic) bond motifs is 4. The molecule has 49 heavy (non-hydrogen) atoms. The number of amides is 2. The lowest BCUT2D eigenvalue weighted by atomic mass is 9.46. The van der Waals surface area contributed by atoms with Crippen LogP contribution in [0.5, 0.6) is 0 Å². The van der Waals surface area contributed by atoms with Crippen LogP contribution in [0.1, 0.15) is 121 Å². The molecule has 2 amide bonds. The van der Waals surface area contributed by atoms with Crippen LogP contribution in [0.25, 0.3) is 0 Å². The van der Waals surface area contributed by atoms with E-state index < -0.39 is 11.9 Å². The van der Waals surface area contributed by atoms with E-state index in [1.54, 1.807) is 19.0 Å². The highest BCUT2D eigenvalue weighted by molar-refractivity contribution is 5.68. The fourth-order valence-corrected chi connectivity index (χ4v) is 13.0. The third kappa shape index (κ3) is 5.82. The highest BCUT2D eigenvalue weighted by atomic mass is 16.7. The first kappa shape index (κ1) is 35.8. The molecular weight excluding hydrogens is 620 g/mol. The zero-order chi connectivity index (χ0) is 35.3. The zero-order valence-electron chi connectivity index (χ0n) is 32.2. The Morgan fingerprint density at radius 1 is 0.939 bits per heavy atom. The molecule has 2 spiro atoms. The Hall–Kier alpha value is -1.58. The van der Waals surface area contributed by atoms with Crippen molar-refractivity contribution in [3.05, 3.63) is 0 Å². The van der Waals surface area contributed by atoms with E-state index in [2.05, 4.69) is 34.6 Å². The van der Waals surface area contributed by atoms with Crippen LogP contribution in [0.15, 0.2) is 0 Å². The molecule has 9 heteroatoms. The van der Waals surface area contributed by atoms with E-state index in [0.717, 1.165) is 18.8 Å². The van der Waals surface area contributed by atoms with Gasteiger partial charge in [0.15, 0.2) is 6.29 Å². The molecule has 7 unspecified atom stereocenters. The second-order valence-corrected chi connectivity index (χ2v) is 19.7. The second kappa shape index (κ2) is 12.2. The van der Waals surface area contributed by atoms with Crippen molar-refractivity contribution in [3.63, 3.8) is 0 Å². The first-order valence-corrected chi connectivity index (χ1v) is 19.7. The summed E-state index contributed by atoms with van der Waals surface area (Å²) in [6, 6.07) is 0. The maximum absolute atomic E-state index is 12.8. The summed E-state index contributed by atoms with van der Waals surface area (Å²) in [7, 11) is 3.50. The molecule has 2 aliphatic heterocycles. The SMILES string of the molecule is CC(C)[C@@H](OC(=O)N(C)C)C1CCC2C(CC3C4CCC5C(C)(C)[C@@H](OC6CN(C(=O)OC(C)(C)C)CCO6)CC[C@@]56C[C@@]46CC[C@]23C)O1.[HH]. The molecule has 9 nitrogen and oxygen atoms in total. The molecule has 0 aromatic carbocycles. The Balaban J connectivity index is 0.00000432. The van der Waals surface area contributed by atoms with E-state index in [1.165, 1.54) is 56.3 Å². The Morgan fingerprint density at radius 2 is 1.67 bits per heavy atom. The summed E-state index contributed by atoms with van der Waals surface area (Å²) in [5.74, 6) is 2.95. The average molecular weight is 689 g/mol. The van der Waals surface area contributed by atoms with Gasteiger partial charge in [-0.3, -0.25) is 0 Å². The molecule has 0 aromatic rings. The molecule has 7 fully saturated rings. The van der Waals surface area contributed by atoms with Gasteiger partial charge in [0.1, 0.15) is 11.7 Å². The Labute approximate surface area is 297 Å². The van der Waals surface area contributed by atoms with E-state index >= 15 is 0 Å². The summed E-state index contributed by atoms with van der Waals surface area (Å²) in [6.45, 7) is 19.0. The molecular formula is C40H68N2O7. The molecule has 5 aliphatic carbocycles. The van der Waals surface area contributed by atoms with Crippen LogP contribution in [0.3, 0.4) is 0 Å². The number of nitrogens with zero attached hydrogens (tertiary/aromatic N) is 2. The second-order valence-electron chi connectivity index (χ2n) is 19.7. The number of carbonyl (C=O) groups excluding carboxylic acids is 2. The number of rotatable bonds is 5. The highest BCUT2D eigenvalue weighted by Crippen LogP contribution is 2.87. The lowest BCUT2D eigenvalue weighted by Crippen LogP contribution is -2.56. The van der Waals surface area contributed by atoms with E-state index in [-0.39, 0.29) is 49.4 Å². The zero-order valence-corrected chi connectivity index (χ0v) is 32.2. The summed E-state index contributed by atoms with van der Waals surface area (Å²) < 4.78 is 31.6. The van der Waals surface area contributed by atoms with Crippen molar-refractivity contribution in [1.82, 2.24) is 9.80 Å². The summed E-state index contributed by atoms with van der Waals surface area (Å²) in [5.41, 5.74) is 0.750. The number of hydrogen-bond acceptors (Lipinski definition) is 7. The molecule has 7 rings (SSSR count). The van der Waals surface area contributed by atoms with Crippen LogP contribution in [-0.4, -0.2) is 92.1 Å². The van der Waals surface area contributed by atoms with Gasteiger partial charge in [0, 0.05) is 22.1 Å². The highest BCUT2D eigenvalue weighted by Gasteiger charge is 2.80. The number of morpholine rings is 1. The van der Waals surface area contributed by atoms with Crippen molar-refractivity contribution in [2.24, 2.45) is 51.2 Å². The van der Waals surface area contributed by atoms with Crippen molar-refractivity contribution in [2.45, 2.75) is 156 Å². The molecule has 7 aliphatic rings. The minimum Gasteiger partial charge on any atom is -0.444 e. The van der Waals surface area contributed by atoms with Crippen molar-refractivity contribution in [3.8, 4) is 0 Å². The Bertz CT molecular complexity index is 1290. The van der Waals surface area contributed by atoms with E-state index in [0.29, 0.717) is 53.7 Å². The van der Waals surface area contributed by atoms with Crippen molar-refractivity contribution in [2.75, 3.05) is 33.8 Å². The maximum Gasteiger partial charge on any atom is 0.410 e. The fourth-order valence-electron chi connectivity index (χ4n) is 13.0. The average Bonchev–Trinajstić information content (AvgIpc) is 3.60. The number of hydrogen-bond donors (Lipinski definition) is 0. The Kier molecular flexibility index (Phi) is 8.95. The summed E-state index contributed by atoms with van der Waals surface area (Å²) in [6.07, 6.45) is 11.5. The molecule has 0 aromatic heterocycles. The van der Waals surface area contributed by atoms with Crippen LogP contribution < -0.4 is 0 Å². The van der Waals surface area contributed by atoms with Gasteiger partial charge in [0.2, 0.25) is 0 Å². The maximum atomic E-state index is 12.8. The van der Waals surface area contributed by atoms with Gasteiger partial charge >= 0.3 is 12.2 Å². The van der Waals surface area contributed by atoms with Gasteiger partial charge in [-0.15, -0.1) is 0 Å². The smallest absolute Gasteiger partial charge is 0.410 e. The fraction of sp³-hybridized carbons (Fsp3) is 0.950. The number of ether oxygens (including phenoxy) is 5. The predicted octanol–water partition coefficient (Wildman–Crippen LogP) is 8.14. The van der Waals surface area contributed by atoms with Crippen LogP contribution in [-0.2, 0) is 23.7 Å². The molecule has 0 radical (unpaired) electrons. The van der Waals surface area contributed by atoms with E-state index in [4.69, 9.17) is 23.7 Å². The predicted molar refractivity (Wildman–Crippen MR) is 189 cm³/mol. The largest absolute Gasteiger partial charge is 0.444 e. The van der Waals surface area contributed by atoms with Crippen LogP contribution in [0.2, 0.25) is 0 Å². The quantitative estimate of drug-likeness (QED) is 0.288. The summed E-state index contributed by atoms with van der Waals surface area (Å²) >= 11 is 0. The first-order valence-electron chi connectivity index (χ1n) is 19.7. The summed E-state index contributed by atoms with van der Waals surface area (Å²) in [4.78, 5) is 28.7. The lowest BCUT2D eigenvalue weighted by molar-refractivity contribution is -0.243. The van der Waals surface area contributed by atoms with Crippen molar-refractivity contribution >= 4 is 12.2 Å². The molecule has 280 valence electrons. The van der Waals surface area contributed by atoms with E-state index in [9.17, 15) is 9.59 Å². The molecule has 0 bridgehead atoms. The van der Waals surface area contributed by atoms with Crippen LogP contribution >= 0.6 is 0 Å². The van der Waals surface area contributed by atoms with Crippen LogP contribution in [0.4, 0.5) is 9.59 Å². The summed E-state index contributed by atoms with van der Waals surface area (Å²) in [5, 5.41) is 0. The van der Waals surface area contributed by atoms with Gasteiger partial charge in [0.25, 0.3) is 0 Å². The minimum atomic E-state index is -0.522. The van der Waals surface area contributed by atoms with Crippen LogP contribution in [0, 0.1) is 51.2 Å². The molecule has 0 N–H and O–H groups in total. The molecule has 2 heterocycles.